The second-order valence-corrected chi connectivity index (χ2v) is 10.4. The average Bonchev–Trinajstić information content (AvgIpc) is 3.12. The lowest BCUT2D eigenvalue weighted by Crippen LogP contribution is -2.38. The van der Waals surface area contributed by atoms with Crippen LogP contribution in [0.4, 0.5) is 5.00 Å². The largest absolute Gasteiger partial charge is 0.481 e. The number of aliphatic carboxylic acids is 1. The van der Waals surface area contributed by atoms with E-state index in [4.69, 9.17) is 0 Å². The molecule has 0 saturated carbocycles. The Morgan fingerprint density at radius 2 is 1.58 bits per heavy atom. The Kier molecular flexibility index (Phi) is 6.51. The van der Waals surface area contributed by atoms with E-state index in [-0.39, 0.29) is 11.8 Å². The topological polar surface area (TPSA) is 86.7 Å². The number of hydrogen-bond acceptors (Lipinski definition) is 4. The molecule has 1 saturated heterocycles. The van der Waals surface area contributed by atoms with E-state index in [0.717, 1.165) is 74.7 Å². The fourth-order valence-corrected chi connectivity index (χ4v) is 6.45. The van der Waals surface area contributed by atoms with E-state index >= 15 is 0 Å². The summed E-state index contributed by atoms with van der Waals surface area (Å²) >= 11 is 1.52. The average molecular weight is 445 g/mol. The number of amides is 2. The summed E-state index contributed by atoms with van der Waals surface area (Å²) in [5, 5.41) is 13.4. The minimum atomic E-state index is -0.929. The zero-order valence-corrected chi connectivity index (χ0v) is 19.3. The highest BCUT2D eigenvalue weighted by molar-refractivity contribution is 7.17. The van der Waals surface area contributed by atoms with Gasteiger partial charge in [-0.15, -0.1) is 11.3 Å². The lowest BCUT2D eigenvalue weighted by Gasteiger charge is -2.30. The van der Waals surface area contributed by atoms with Gasteiger partial charge in [-0.05, 0) is 77.2 Å². The summed E-state index contributed by atoms with van der Waals surface area (Å²) in [5.74, 6) is -2.51. The van der Waals surface area contributed by atoms with Gasteiger partial charge in [-0.25, -0.2) is 0 Å². The van der Waals surface area contributed by atoms with Gasteiger partial charge in [0.15, 0.2) is 0 Å². The Hall–Kier alpha value is -2.15. The number of fused-ring (bicyclic) bond motifs is 1. The predicted molar refractivity (Wildman–Crippen MR) is 122 cm³/mol. The zero-order chi connectivity index (χ0) is 22.1. The van der Waals surface area contributed by atoms with Crippen molar-refractivity contribution >= 4 is 34.1 Å². The first-order valence-corrected chi connectivity index (χ1v) is 12.3. The zero-order valence-electron chi connectivity index (χ0n) is 18.5. The van der Waals surface area contributed by atoms with Gasteiger partial charge in [0.2, 0.25) is 5.91 Å². The molecule has 0 unspecified atom stereocenters. The van der Waals surface area contributed by atoms with Crippen LogP contribution in [-0.4, -0.2) is 40.9 Å². The van der Waals surface area contributed by atoms with E-state index in [1.165, 1.54) is 16.2 Å². The summed E-state index contributed by atoms with van der Waals surface area (Å²) in [4.78, 5) is 41.7. The molecule has 0 aromatic carbocycles. The highest BCUT2D eigenvalue weighted by Crippen LogP contribution is 2.41. The Bertz CT molecular complexity index is 926. The fraction of sp³-hybridized carbons (Fsp3) is 0.625. The van der Waals surface area contributed by atoms with Gasteiger partial charge in [-0.3, -0.25) is 14.4 Å². The molecular weight excluding hydrogens is 412 g/mol. The van der Waals surface area contributed by atoms with Crippen LogP contribution in [0.25, 0.3) is 0 Å². The van der Waals surface area contributed by atoms with Crippen LogP contribution >= 0.6 is 11.3 Å². The standard InChI is InChI=1S/C24H32N2O4S/c1-14-12-17(18(24(29)30)13-15(14)2)21(27)25-22-20(16-8-4-5-9-19(16)31-22)23(28)26-10-6-3-7-11-26/h17-18H,3-13H2,1-2H3,(H,25,27)(H,29,30)/t17-,18-/m0/s1. The molecule has 1 aromatic heterocycles. The first kappa shape index (κ1) is 22.1. The van der Waals surface area contributed by atoms with Crippen molar-refractivity contribution in [1.82, 2.24) is 4.90 Å². The third-order valence-electron chi connectivity index (χ3n) is 7.19. The molecule has 6 nitrogen and oxygen atoms in total. The van der Waals surface area contributed by atoms with Crippen molar-refractivity contribution in [3.05, 3.63) is 27.2 Å². The van der Waals surface area contributed by atoms with E-state index in [0.29, 0.717) is 23.4 Å². The summed E-state index contributed by atoms with van der Waals surface area (Å²) in [5.41, 5.74) is 3.92. The number of hydrogen-bond donors (Lipinski definition) is 2. The lowest BCUT2D eigenvalue weighted by molar-refractivity contribution is -0.146. The number of carboxylic acid groups (broad SMARTS) is 1. The molecule has 2 aliphatic carbocycles. The molecule has 0 spiro atoms. The Labute approximate surface area is 187 Å². The van der Waals surface area contributed by atoms with Crippen molar-refractivity contribution in [1.29, 1.82) is 0 Å². The maximum atomic E-state index is 13.5. The number of likely N-dealkylation sites (tertiary alicyclic amines) is 1. The Morgan fingerprint density at radius 1 is 0.935 bits per heavy atom. The molecule has 3 aliphatic rings. The van der Waals surface area contributed by atoms with Gasteiger partial charge < -0.3 is 15.3 Å². The Balaban J connectivity index is 1.63. The van der Waals surface area contributed by atoms with E-state index in [1.807, 2.05) is 18.7 Å². The summed E-state index contributed by atoms with van der Waals surface area (Å²) < 4.78 is 0. The van der Waals surface area contributed by atoms with E-state index in [1.54, 1.807) is 0 Å². The highest BCUT2D eigenvalue weighted by atomic mass is 32.1. The molecule has 2 heterocycles. The van der Waals surface area contributed by atoms with Crippen molar-refractivity contribution in [2.24, 2.45) is 11.8 Å². The van der Waals surface area contributed by atoms with Crippen LogP contribution in [0.5, 0.6) is 0 Å². The van der Waals surface area contributed by atoms with Crippen LogP contribution in [0, 0.1) is 11.8 Å². The van der Waals surface area contributed by atoms with Crippen LogP contribution in [0.1, 0.15) is 79.6 Å². The van der Waals surface area contributed by atoms with Crippen molar-refractivity contribution in [2.75, 3.05) is 18.4 Å². The van der Waals surface area contributed by atoms with E-state index in [9.17, 15) is 19.5 Å². The number of nitrogens with one attached hydrogen (secondary N) is 1. The summed E-state index contributed by atoms with van der Waals surface area (Å²) in [6.45, 7) is 5.46. The van der Waals surface area contributed by atoms with Crippen LogP contribution in [-0.2, 0) is 22.4 Å². The molecule has 2 amide bonds. The molecule has 0 radical (unpaired) electrons. The number of allylic oxidation sites excluding steroid dienone is 2. The second-order valence-electron chi connectivity index (χ2n) is 9.28. The maximum absolute atomic E-state index is 13.5. The molecule has 2 N–H and O–H groups in total. The van der Waals surface area contributed by atoms with Gasteiger partial charge in [-0.1, -0.05) is 11.1 Å². The van der Waals surface area contributed by atoms with Crippen LogP contribution < -0.4 is 5.32 Å². The number of piperidine rings is 1. The van der Waals surface area contributed by atoms with Gasteiger partial charge in [0.1, 0.15) is 5.00 Å². The number of rotatable bonds is 4. The molecular formula is C24H32N2O4S. The molecule has 168 valence electrons. The summed E-state index contributed by atoms with van der Waals surface area (Å²) in [6, 6.07) is 0. The third-order valence-corrected chi connectivity index (χ3v) is 8.39. The molecule has 31 heavy (non-hydrogen) atoms. The molecule has 1 aromatic rings. The highest BCUT2D eigenvalue weighted by Gasteiger charge is 2.38. The van der Waals surface area contributed by atoms with Crippen LogP contribution in [0.15, 0.2) is 11.1 Å². The number of carbonyl (C=O) groups excluding carboxylic acids is 2. The number of carboxylic acids is 1. The monoisotopic (exact) mass is 444 g/mol. The molecule has 7 heteroatoms. The van der Waals surface area contributed by atoms with Crippen LogP contribution in [0.2, 0.25) is 0 Å². The first-order valence-electron chi connectivity index (χ1n) is 11.5. The molecule has 2 atom stereocenters. The fourth-order valence-electron chi connectivity index (χ4n) is 5.17. The van der Waals surface area contributed by atoms with Crippen LogP contribution in [0.3, 0.4) is 0 Å². The molecule has 4 rings (SSSR count). The first-order chi connectivity index (χ1) is 14.9. The minimum Gasteiger partial charge on any atom is -0.481 e. The molecule has 0 bridgehead atoms. The number of anilines is 1. The van der Waals surface area contributed by atoms with Gasteiger partial charge >= 0.3 is 5.97 Å². The van der Waals surface area contributed by atoms with Gasteiger partial charge in [-0.2, -0.15) is 0 Å². The quantitative estimate of drug-likeness (QED) is 0.663. The predicted octanol–water partition coefficient (Wildman–Crippen LogP) is 4.64. The normalized spacial score (nSPS) is 24.0. The molecule has 1 fully saturated rings. The van der Waals surface area contributed by atoms with Crippen molar-refractivity contribution < 1.29 is 19.5 Å². The number of nitrogens with zero attached hydrogens (tertiary/aromatic N) is 1. The Morgan fingerprint density at radius 3 is 2.26 bits per heavy atom. The van der Waals surface area contributed by atoms with Crippen molar-refractivity contribution in [3.8, 4) is 0 Å². The van der Waals surface area contributed by atoms with E-state index < -0.39 is 17.8 Å². The van der Waals surface area contributed by atoms with Crippen molar-refractivity contribution in [3.63, 3.8) is 0 Å². The van der Waals surface area contributed by atoms with Gasteiger partial charge in [0, 0.05) is 18.0 Å². The second kappa shape index (κ2) is 9.15. The summed E-state index contributed by atoms with van der Waals surface area (Å²) in [6.07, 6.45) is 8.03. The van der Waals surface area contributed by atoms with Gasteiger partial charge in [0.25, 0.3) is 5.91 Å². The SMILES string of the molecule is CC1=C(C)C[C@H](C(=O)Nc2sc3c(c2C(=O)N2CCCCC2)CCCC3)[C@@H](C(=O)O)C1. The van der Waals surface area contributed by atoms with E-state index in [2.05, 4.69) is 5.32 Å². The van der Waals surface area contributed by atoms with Crippen molar-refractivity contribution in [2.45, 2.75) is 71.6 Å². The lowest BCUT2D eigenvalue weighted by atomic mass is 9.76. The van der Waals surface area contributed by atoms with Gasteiger partial charge in [0.05, 0.1) is 17.4 Å². The minimum absolute atomic E-state index is 0.0275. The smallest absolute Gasteiger partial charge is 0.307 e. The number of carbonyl (C=O) groups is 3. The maximum Gasteiger partial charge on any atom is 0.307 e. The summed E-state index contributed by atoms with van der Waals surface area (Å²) in [7, 11) is 0. The molecule has 1 aliphatic heterocycles. The third kappa shape index (κ3) is 4.43. The number of thiophene rings is 1. The number of aryl methyl sites for hydroxylation is 1.